The van der Waals surface area contributed by atoms with Gasteiger partial charge < -0.3 is 9.88 Å². The molecule has 0 radical (unpaired) electrons. The maximum Gasteiger partial charge on any atom is 0.329 e. The quantitative estimate of drug-likeness (QED) is 0.729. The average Bonchev–Trinajstić information content (AvgIpc) is 2.65. The van der Waals surface area contributed by atoms with E-state index in [1.54, 1.807) is 7.05 Å². The van der Waals surface area contributed by atoms with Crippen molar-refractivity contribution in [3.8, 4) is 0 Å². The monoisotopic (exact) mass is 237 g/mol. The van der Waals surface area contributed by atoms with E-state index in [1.807, 2.05) is 18.5 Å². The smallest absolute Gasteiger partial charge is 0.321 e. The van der Waals surface area contributed by atoms with Crippen LogP contribution >= 0.6 is 0 Å². The first-order valence-corrected chi connectivity index (χ1v) is 5.43. The van der Waals surface area contributed by atoms with Gasteiger partial charge in [-0.05, 0) is 14.0 Å². The van der Waals surface area contributed by atoms with Gasteiger partial charge in [0.05, 0.1) is 6.54 Å². The molecule has 0 amide bonds. The molecule has 0 bridgehead atoms. The van der Waals surface area contributed by atoms with Crippen molar-refractivity contribution in [1.29, 1.82) is 0 Å². The van der Waals surface area contributed by atoms with E-state index >= 15 is 0 Å². The van der Waals surface area contributed by atoms with Gasteiger partial charge in [-0.15, -0.1) is 0 Å². The lowest BCUT2D eigenvalue weighted by molar-refractivity contribution is 0.669. The first kappa shape index (κ1) is 11.6. The average molecular weight is 237 g/mol. The Balaban J connectivity index is 2.91. The molecular weight excluding hydrogens is 222 g/mol. The summed E-state index contributed by atoms with van der Waals surface area (Å²) in [4.78, 5) is 29.9. The summed E-state index contributed by atoms with van der Waals surface area (Å²) >= 11 is 0. The van der Waals surface area contributed by atoms with Crippen LogP contribution in [0.5, 0.6) is 0 Å². The Morgan fingerprint density at radius 3 is 2.71 bits per heavy atom. The fourth-order valence-electron chi connectivity index (χ4n) is 1.91. The maximum atomic E-state index is 11.8. The lowest BCUT2D eigenvalue weighted by atomic mass is 10.5. The van der Waals surface area contributed by atoms with Crippen molar-refractivity contribution < 1.29 is 0 Å². The Bertz CT molecular complexity index is 664. The lowest BCUT2D eigenvalue weighted by Gasteiger charge is -2.04. The minimum atomic E-state index is -0.445. The molecule has 0 saturated carbocycles. The van der Waals surface area contributed by atoms with Gasteiger partial charge in [0.1, 0.15) is 5.82 Å². The highest BCUT2D eigenvalue weighted by molar-refractivity contribution is 5.70. The molecular formula is C10H15N5O2. The lowest BCUT2D eigenvalue weighted by Crippen LogP contribution is -2.29. The molecule has 92 valence electrons. The largest absolute Gasteiger partial charge is 0.329 e. The number of fused-ring (bicyclic) bond motifs is 1. The molecule has 2 aromatic heterocycles. The van der Waals surface area contributed by atoms with Crippen molar-refractivity contribution in [3.63, 3.8) is 0 Å². The summed E-state index contributed by atoms with van der Waals surface area (Å²) in [7, 11) is 3.40. The molecule has 0 atom stereocenters. The summed E-state index contributed by atoms with van der Waals surface area (Å²) in [6.45, 7) is 3.12. The third kappa shape index (κ3) is 1.68. The standard InChI is InChI=1S/C10H15N5O2/c1-4-15-6(5-11-2)12-8-7(15)9(16)13-10(17)14(8)3/h11H,4-5H2,1-3H3,(H,13,16,17). The topological polar surface area (TPSA) is 84.7 Å². The zero-order chi connectivity index (χ0) is 12.6. The summed E-state index contributed by atoms with van der Waals surface area (Å²) < 4.78 is 3.16. The van der Waals surface area contributed by atoms with Crippen LogP contribution in [-0.4, -0.2) is 26.1 Å². The van der Waals surface area contributed by atoms with Crippen molar-refractivity contribution >= 4 is 11.2 Å². The molecule has 0 aliphatic rings. The second-order valence-corrected chi connectivity index (χ2v) is 3.79. The molecule has 0 aliphatic carbocycles. The number of hydrogen-bond acceptors (Lipinski definition) is 4. The van der Waals surface area contributed by atoms with Crippen LogP contribution in [0.2, 0.25) is 0 Å². The minimum Gasteiger partial charge on any atom is -0.321 e. The molecule has 0 aliphatic heterocycles. The predicted molar refractivity (Wildman–Crippen MR) is 64.0 cm³/mol. The summed E-state index contributed by atoms with van der Waals surface area (Å²) in [5.41, 5.74) is 0.0322. The molecule has 0 spiro atoms. The van der Waals surface area contributed by atoms with E-state index < -0.39 is 5.69 Å². The zero-order valence-electron chi connectivity index (χ0n) is 10.1. The van der Waals surface area contributed by atoms with Gasteiger partial charge in [-0.1, -0.05) is 0 Å². The van der Waals surface area contributed by atoms with Crippen LogP contribution in [0.3, 0.4) is 0 Å². The number of nitrogens with one attached hydrogen (secondary N) is 2. The molecule has 2 rings (SSSR count). The molecule has 0 fully saturated rings. The number of aromatic amines is 1. The predicted octanol–water partition coefficient (Wildman–Crippen LogP) is -0.837. The second-order valence-electron chi connectivity index (χ2n) is 3.79. The van der Waals surface area contributed by atoms with Crippen molar-refractivity contribution in [2.45, 2.75) is 20.0 Å². The first-order valence-electron chi connectivity index (χ1n) is 5.43. The number of nitrogens with zero attached hydrogens (tertiary/aromatic N) is 3. The Labute approximate surface area is 97.1 Å². The Kier molecular flexibility index (Phi) is 2.84. The summed E-state index contributed by atoms with van der Waals surface area (Å²) in [5, 5.41) is 2.99. The van der Waals surface area contributed by atoms with Gasteiger partial charge in [-0.25, -0.2) is 9.78 Å². The Hall–Kier alpha value is -1.89. The molecule has 2 heterocycles. The molecule has 2 N–H and O–H groups in total. The van der Waals surface area contributed by atoms with Gasteiger partial charge in [0.25, 0.3) is 5.56 Å². The summed E-state index contributed by atoms with van der Waals surface area (Å²) in [6.07, 6.45) is 0. The van der Waals surface area contributed by atoms with E-state index in [0.29, 0.717) is 24.3 Å². The van der Waals surface area contributed by atoms with Crippen LogP contribution in [0.1, 0.15) is 12.7 Å². The second kappa shape index (κ2) is 4.17. The fraction of sp³-hybridized carbons (Fsp3) is 0.500. The highest BCUT2D eigenvalue weighted by Crippen LogP contribution is 2.09. The van der Waals surface area contributed by atoms with Crippen LogP contribution in [0, 0.1) is 0 Å². The van der Waals surface area contributed by atoms with Gasteiger partial charge in [0.2, 0.25) is 0 Å². The van der Waals surface area contributed by atoms with E-state index in [2.05, 4.69) is 15.3 Å². The van der Waals surface area contributed by atoms with Gasteiger partial charge in [-0.3, -0.25) is 14.3 Å². The number of aryl methyl sites for hydroxylation is 2. The van der Waals surface area contributed by atoms with Crippen molar-refractivity contribution in [2.75, 3.05) is 7.05 Å². The van der Waals surface area contributed by atoms with E-state index in [1.165, 1.54) is 4.57 Å². The first-order chi connectivity index (χ1) is 8.10. The van der Waals surface area contributed by atoms with Crippen LogP contribution in [0.15, 0.2) is 9.59 Å². The third-order valence-electron chi connectivity index (χ3n) is 2.74. The number of imidazole rings is 1. The number of H-pyrrole nitrogens is 1. The van der Waals surface area contributed by atoms with Crippen LogP contribution in [0.25, 0.3) is 11.2 Å². The fourth-order valence-corrected chi connectivity index (χ4v) is 1.91. The maximum absolute atomic E-state index is 11.8. The van der Waals surface area contributed by atoms with E-state index in [-0.39, 0.29) is 5.56 Å². The molecule has 17 heavy (non-hydrogen) atoms. The van der Waals surface area contributed by atoms with Gasteiger partial charge in [-0.2, -0.15) is 0 Å². The van der Waals surface area contributed by atoms with Gasteiger partial charge in [0.15, 0.2) is 11.2 Å². The molecule has 0 unspecified atom stereocenters. The third-order valence-corrected chi connectivity index (χ3v) is 2.74. The van der Waals surface area contributed by atoms with Crippen molar-refractivity contribution in [2.24, 2.45) is 7.05 Å². The van der Waals surface area contributed by atoms with Crippen molar-refractivity contribution in [3.05, 3.63) is 26.7 Å². The molecule has 7 nitrogen and oxygen atoms in total. The van der Waals surface area contributed by atoms with Crippen LogP contribution < -0.4 is 16.6 Å². The van der Waals surface area contributed by atoms with E-state index in [0.717, 1.165) is 5.82 Å². The normalized spacial score (nSPS) is 11.2. The molecule has 2 aromatic rings. The summed E-state index contributed by atoms with van der Waals surface area (Å²) in [6, 6.07) is 0. The molecule has 7 heteroatoms. The van der Waals surface area contributed by atoms with E-state index in [4.69, 9.17) is 0 Å². The molecule has 0 saturated heterocycles. The number of rotatable bonds is 3. The number of aromatic nitrogens is 4. The van der Waals surface area contributed by atoms with Gasteiger partial charge >= 0.3 is 5.69 Å². The van der Waals surface area contributed by atoms with Crippen LogP contribution in [0.4, 0.5) is 0 Å². The minimum absolute atomic E-state index is 0.389. The van der Waals surface area contributed by atoms with E-state index in [9.17, 15) is 9.59 Å². The Morgan fingerprint density at radius 1 is 1.41 bits per heavy atom. The van der Waals surface area contributed by atoms with Crippen molar-refractivity contribution in [1.82, 2.24) is 24.4 Å². The highest BCUT2D eigenvalue weighted by atomic mass is 16.2. The van der Waals surface area contributed by atoms with Crippen LogP contribution in [-0.2, 0) is 20.1 Å². The SMILES string of the molecule is CCn1c(CNC)nc2c1c(=O)[nH]c(=O)n2C. The molecule has 0 aromatic carbocycles. The zero-order valence-corrected chi connectivity index (χ0v) is 10.1. The summed E-state index contributed by atoms with van der Waals surface area (Å²) in [5.74, 6) is 0.747. The Morgan fingerprint density at radius 2 is 2.12 bits per heavy atom. The number of hydrogen-bond donors (Lipinski definition) is 2. The van der Waals surface area contributed by atoms with Gasteiger partial charge in [0, 0.05) is 13.6 Å². The highest BCUT2D eigenvalue weighted by Gasteiger charge is 2.15.